The summed E-state index contributed by atoms with van der Waals surface area (Å²) in [7, 11) is -4.09. The summed E-state index contributed by atoms with van der Waals surface area (Å²) < 4.78 is 65.1. The Hall–Kier alpha value is -2.10. The minimum absolute atomic E-state index is 0.00207. The summed E-state index contributed by atoms with van der Waals surface area (Å²) in [5.74, 6) is -0.257. The molecule has 0 radical (unpaired) electrons. The second-order valence-corrected chi connectivity index (χ2v) is 8.60. The van der Waals surface area contributed by atoms with Gasteiger partial charge >= 0.3 is 6.18 Å². The minimum Gasteiger partial charge on any atom is -0.336 e. The molecule has 5 nitrogen and oxygen atoms in total. The molecule has 2 aromatic carbocycles. The lowest BCUT2D eigenvalue weighted by atomic mass is 10.2. The van der Waals surface area contributed by atoms with Gasteiger partial charge < -0.3 is 4.90 Å². The van der Waals surface area contributed by atoms with Gasteiger partial charge in [-0.3, -0.25) is 4.79 Å². The van der Waals surface area contributed by atoms with Crippen molar-refractivity contribution in [3.63, 3.8) is 0 Å². The third kappa shape index (κ3) is 4.31. The van der Waals surface area contributed by atoms with Crippen LogP contribution in [-0.2, 0) is 16.2 Å². The molecule has 1 saturated heterocycles. The lowest BCUT2D eigenvalue weighted by Gasteiger charge is -2.34. The Morgan fingerprint density at radius 1 is 0.964 bits per heavy atom. The Balaban J connectivity index is 1.72. The van der Waals surface area contributed by atoms with Crippen LogP contribution in [0.3, 0.4) is 0 Å². The summed E-state index contributed by atoms with van der Waals surface area (Å²) in [5, 5.41) is 0.494. The molecule has 0 atom stereocenters. The average Bonchev–Trinajstić information content (AvgIpc) is 2.67. The Bertz CT molecular complexity index is 970. The molecule has 0 saturated carbocycles. The number of carbonyl (C=O) groups is 1. The van der Waals surface area contributed by atoms with Crippen molar-refractivity contribution in [3.8, 4) is 0 Å². The third-order valence-corrected chi connectivity index (χ3v) is 6.56. The van der Waals surface area contributed by atoms with Crippen molar-refractivity contribution >= 4 is 27.5 Å². The largest absolute Gasteiger partial charge is 0.416 e. The van der Waals surface area contributed by atoms with Crippen molar-refractivity contribution in [3.05, 3.63) is 64.7 Å². The number of nitrogens with zero attached hydrogens (tertiary/aromatic N) is 2. The van der Waals surface area contributed by atoms with Gasteiger partial charge in [0.2, 0.25) is 10.0 Å². The van der Waals surface area contributed by atoms with Gasteiger partial charge in [0.05, 0.1) is 10.5 Å². The van der Waals surface area contributed by atoms with E-state index in [0.717, 1.165) is 22.5 Å². The number of hydrogen-bond donors (Lipinski definition) is 0. The molecule has 1 amide bonds. The Kier molecular flexibility index (Phi) is 5.69. The number of halogens is 4. The SMILES string of the molecule is O=C(c1ccc(Cl)cc1)N1CCN(S(=O)(=O)c2cccc(C(F)(F)F)c2)CC1. The van der Waals surface area contributed by atoms with Crippen LogP contribution in [0.25, 0.3) is 0 Å². The van der Waals surface area contributed by atoms with E-state index in [4.69, 9.17) is 11.6 Å². The smallest absolute Gasteiger partial charge is 0.336 e. The van der Waals surface area contributed by atoms with Gasteiger partial charge in [-0.15, -0.1) is 0 Å². The maximum Gasteiger partial charge on any atom is 0.416 e. The van der Waals surface area contributed by atoms with Gasteiger partial charge in [0, 0.05) is 36.8 Å². The first-order valence-corrected chi connectivity index (χ1v) is 10.1. The highest BCUT2D eigenvalue weighted by atomic mass is 35.5. The second kappa shape index (κ2) is 7.73. The van der Waals surface area contributed by atoms with Crippen LogP contribution in [0.1, 0.15) is 15.9 Å². The molecule has 0 spiro atoms. The Morgan fingerprint density at radius 2 is 1.57 bits per heavy atom. The molecule has 3 rings (SSSR count). The summed E-state index contributed by atoms with van der Waals surface area (Å²) in [4.78, 5) is 13.6. The molecular formula is C18H16ClF3N2O3S. The Morgan fingerprint density at radius 3 is 2.14 bits per heavy atom. The molecule has 1 aliphatic rings. The molecule has 1 heterocycles. The second-order valence-electron chi connectivity index (χ2n) is 6.23. The molecule has 150 valence electrons. The number of alkyl halides is 3. The summed E-state index contributed by atoms with van der Waals surface area (Å²) in [6.07, 6.45) is -4.63. The maximum atomic E-state index is 12.9. The van der Waals surface area contributed by atoms with E-state index in [9.17, 15) is 26.4 Å². The fourth-order valence-corrected chi connectivity index (χ4v) is 4.48. The van der Waals surface area contributed by atoms with Gasteiger partial charge in [0.1, 0.15) is 0 Å². The molecule has 2 aromatic rings. The van der Waals surface area contributed by atoms with Crippen LogP contribution in [0.4, 0.5) is 13.2 Å². The number of rotatable bonds is 3. The number of hydrogen-bond acceptors (Lipinski definition) is 3. The number of amides is 1. The third-order valence-electron chi connectivity index (χ3n) is 4.42. The zero-order chi connectivity index (χ0) is 20.5. The van der Waals surface area contributed by atoms with Crippen LogP contribution < -0.4 is 0 Å². The van der Waals surface area contributed by atoms with Crippen LogP contribution in [0.5, 0.6) is 0 Å². The molecule has 0 aliphatic carbocycles. The predicted octanol–water partition coefficient (Wildman–Crippen LogP) is 3.51. The van der Waals surface area contributed by atoms with E-state index in [2.05, 4.69) is 0 Å². The van der Waals surface area contributed by atoms with Crippen molar-refractivity contribution in [1.29, 1.82) is 0 Å². The number of piperazine rings is 1. The van der Waals surface area contributed by atoms with Gasteiger partial charge in [-0.2, -0.15) is 17.5 Å². The lowest BCUT2D eigenvalue weighted by Crippen LogP contribution is -2.50. The number of carbonyl (C=O) groups excluding carboxylic acids is 1. The lowest BCUT2D eigenvalue weighted by molar-refractivity contribution is -0.137. The van der Waals surface area contributed by atoms with Crippen LogP contribution in [0, 0.1) is 0 Å². The van der Waals surface area contributed by atoms with E-state index in [0.29, 0.717) is 16.7 Å². The van der Waals surface area contributed by atoms with Crippen LogP contribution in [0.2, 0.25) is 5.02 Å². The summed E-state index contributed by atoms with van der Waals surface area (Å²) in [6.45, 7) is 0.273. The number of sulfonamides is 1. The van der Waals surface area contributed by atoms with E-state index in [1.807, 2.05) is 0 Å². The fraction of sp³-hybridized carbons (Fsp3) is 0.278. The molecule has 1 fully saturated rings. The van der Waals surface area contributed by atoms with Crippen molar-refractivity contribution in [1.82, 2.24) is 9.21 Å². The topological polar surface area (TPSA) is 57.7 Å². The van der Waals surface area contributed by atoms with Crippen molar-refractivity contribution in [2.45, 2.75) is 11.1 Å². The Labute approximate surface area is 165 Å². The highest BCUT2D eigenvalue weighted by molar-refractivity contribution is 7.89. The molecular weight excluding hydrogens is 417 g/mol. The molecule has 0 N–H and O–H groups in total. The van der Waals surface area contributed by atoms with Gasteiger partial charge in [-0.05, 0) is 42.5 Å². The summed E-state index contributed by atoms with van der Waals surface area (Å²) >= 11 is 5.80. The zero-order valence-corrected chi connectivity index (χ0v) is 16.1. The molecule has 10 heteroatoms. The summed E-state index contributed by atoms with van der Waals surface area (Å²) in [5.41, 5.74) is -0.594. The van der Waals surface area contributed by atoms with E-state index >= 15 is 0 Å². The van der Waals surface area contributed by atoms with Gasteiger partial charge in [0.25, 0.3) is 5.91 Å². The van der Waals surface area contributed by atoms with Crippen molar-refractivity contribution in [2.24, 2.45) is 0 Å². The first-order chi connectivity index (χ1) is 13.1. The first-order valence-electron chi connectivity index (χ1n) is 8.31. The minimum atomic E-state index is -4.63. The van der Waals surface area contributed by atoms with Gasteiger partial charge in [0.15, 0.2) is 0 Å². The van der Waals surface area contributed by atoms with Crippen molar-refractivity contribution in [2.75, 3.05) is 26.2 Å². The highest BCUT2D eigenvalue weighted by Gasteiger charge is 2.34. The van der Waals surface area contributed by atoms with E-state index in [-0.39, 0.29) is 32.1 Å². The summed E-state index contributed by atoms with van der Waals surface area (Å²) in [6, 6.07) is 9.98. The highest BCUT2D eigenvalue weighted by Crippen LogP contribution is 2.31. The molecule has 0 aromatic heterocycles. The average molecular weight is 433 g/mol. The van der Waals surface area contributed by atoms with E-state index < -0.39 is 26.7 Å². The molecule has 0 bridgehead atoms. The quantitative estimate of drug-likeness (QED) is 0.745. The fourth-order valence-electron chi connectivity index (χ4n) is 2.89. The van der Waals surface area contributed by atoms with Crippen LogP contribution in [-0.4, -0.2) is 49.7 Å². The molecule has 0 unspecified atom stereocenters. The molecule has 1 aliphatic heterocycles. The number of benzene rings is 2. The van der Waals surface area contributed by atoms with Crippen LogP contribution in [0.15, 0.2) is 53.4 Å². The van der Waals surface area contributed by atoms with Gasteiger partial charge in [-0.1, -0.05) is 17.7 Å². The monoisotopic (exact) mass is 432 g/mol. The van der Waals surface area contributed by atoms with Gasteiger partial charge in [-0.25, -0.2) is 8.42 Å². The standard InChI is InChI=1S/C18H16ClF3N2O3S/c19-15-6-4-13(5-7-15)17(25)23-8-10-24(11-9-23)28(26,27)16-3-1-2-14(12-16)18(20,21)22/h1-7,12H,8-11H2. The predicted molar refractivity (Wildman–Crippen MR) is 97.6 cm³/mol. The first kappa shape index (κ1) is 20.6. The normalized spacial score (nSPS) is 16.2. The maximum absolute atomic E-state index is 12.9. The molecule has 28 heavy (non-hydrogen) atoms. The van der Waals surface area contributed by atoms with E-state index in [1.165, 1.54) is 4.90 Å². The van der Waals surface area contributed by atoms with Crippen molar-refractivity contribution < 1.29 is 26.4 Å². The van der Waals surface area contributed by atoms with Crippen LogP contribution >= 0.6 is 11.6 Å². The zero-order valence-electron chi connectivity index (χ0n) is 14.5. The van der Waals surface area contributed by atoms with E-state index in [1.54, 1.807) is 24.3 Å².